The van der Waals surface area contributed by atoms with E-state index in [1.54, 1.807) is 11.7 Å². The molecule has 0 bridgehead atoms. The van der Waals surface area contributed by atoms with E-state index in [-0.39, 0.29) is 0 Å². The van der Waals surface area contributed by atoms with Crippen LogP contribution >= 0.6 is 0 Å². The number of aromatic nitrogens is 3. The van der Waals surface area contributed by atoms with Crippen LogP contribution in [0.1, 0.15) is 5.82 Å². The number of hydrazine groups is 1. The summed E-state index contributed by atoms with van der Waals surface area (Å²) < 4.78 is 12.4. The first-order valence-corrected chi connectivity index (χ1v) is 5.36. The number of ether oxygens (including phenoxy) is 2. The summed E-state index contributed by atoms with van der Waals surface area (Å²) in [5, 5.41) is 7.81. The van der Waals surface area contributed by atoms with Gasteiger partial charge in [-0.25, -0.2) is 5.84 Å². The van der Waals surface area contributed by atoms with E-state index in [9.17, 15) is 0 Å². The van der Waals surface area contributed by atoms with Gasteiger partial charge < -0.3 is 9.47 Å². The summed E-state index contributed by atoms with van der Waals surface area (Å²) in [6.07, 6.45) is 0. The largest absolute Gasteiger partial charge is 0.497 e. The lowest BCUT2D eigenvalue weighted by molar-refractivity contribution is 0.291. The molecule has 0 unspecified atom stereocenters. The number of hydrogen-bond donors (Lipinski definition) is 2. The van der Waals surface area contributed by atoms with Gasteiger partial charge in [0.1, 0.15) is 18.1 Å². The van der Waals surface area contributed by atoms with Crippen LogP contribution in [0.15, 0.2) is 24.3 Å². The van der Waals surface area contributed by atoms with Crippen LogP contribution in [0.25, 0.3) is 0 Å². The minimum absolute atomic E-state index is 0.317. The lowest BCUT2D eigenvalue weighted by atomic mass is 10.3. The Kier molecular flexibility index (Phi) is 3.63. The second kappa shape index (κ2) is 5.37. The van der Waals surface area contributed by atoms with Crippen molar-refractivity contribution in [3.05, 3.63) is 30.1 Å². The Morgan fingerprint density at radius 1 is 1.22 bits per heavy atom. The molecule has 0 atom stereocenters. The summed E-state index contributed by atoms with van der Waals surface area (Å²) in [5.74, 6) is 7.97. The zero-order chi connectivity index (χ0) is 13.0. The van der Waals surface area contributed by atoms with Crippen LogP contribution in [0.2, 0.25) is 0 Å². The fourth-order valence-electron chi connectivity index (χ4n) is 1.43. The summed E-state index contributed by atoms with van der Waals surface area (Å²) in [5.41, 5.74) is 2.45. The summed E-state index contributed by atoms with van der Waals surface area (Å²) in [6.45, 7) is 0.317. The highest BCUT2D eigenvalue weighted by molar-refractivity contribution is 5.31. The molecule has 0 aliphatic heterocycles. The molecular formula is C11H15N5O2. The van der Waals surface area contributed by atoms with Gasteiger partial charge in [0, 0.05) is 7.05 Å². The molecule has 0 fully saturated rings. The molecule has 0 saturated heterocycles. The number of hydrogen-bond acceptors (Lipinski definition) is 6. The number of nitrogen functional groups attached to an aromatic ring is 1. The van der Waals surface area contributed by atoms with E-state index in [2.05, 4.69) is 15.6 Å². The van der Waals surface area contributed by atoms with E-state index < -0.39 is 0 Å². The van der Waals surface area contributed by atoms with Crippen LogP contribution in [-0.4, -0.2) is 21.9 Å². The fraction of sp³-hybridized carbons (Fsp3) is 0.273. The smallest absolute Gasteiger partial charge is 0.238 e. The first kappa shape index (κ1) is 12.2. The van der Waals surface area contributed by atoms with E-state index >= 15 is 0 Å². The van der Waals surface area contributed by atoms with Crippen molar-refractivity contribution in [2.24, 2.45) is 12.9 Å². The number of nitrogens with zero attached hydrogens (tertiary/aromatic N) is 3. The predicted octanol–water partition coefficient (Wildman–Crippen LogP) is 0.688. The number of nitrogens with one attached hydrogen (secondary N) is 1. The van der Waals surface area contributed by atoms with Gasteiger partial charge in [0.25, 0.3) is 0 Å². The van der Waals surface area contributed by atoms with Crippen molar-refractivity contribution >= 4 is 5.95 Å². The molecular weight excluding hydrogens is 234 g/mol. The average Bonchev–Trinajstić information content (AvgIpc) is 2.77. The molecule has 2 rings (SSSR count). The molecule has 3 N–H and O–H groups in total. The van der Waals surface area contributed by atoms with E-state index in [1.165, 1.54) is 0 Å². The van der Waals surface area contributed by atoms with E-state index in [0.717, 1.165) is 11.5 Å². The number of benzene rings is 1. The van der Waals surface area contributed by atoms with Crippen LogP contribution < -0.4 is 20.7 Å². The van der Waals surface area contributed by atoms with Gasteiger partial charge in [0.15, 0.2) is 5.82 Å². The standard InChI is InChI=1S/C11H15N5O2/c1-16-10(14-15-11(16)13-12)7-18-9-5-3-8(17-2)4-6-9/h3-6H,7,12H2,1-2H3,(H,13,15). The van der Waals surface area contributed by atoms with E-state index in [4.69, 9.17) is 15.3 Å². The van der Waals surface area contributed by atoms with Crippen LogP contribution in [-0.2, 0) is 13.7 Å². The Balaban J connectivity index is 1.99. The van der Waals surface area contributed by atoms with Crippen molar-refractivity contribution in [2.45, 2.75) is 6.61 Å². The minimum atomic E-state index is 0.317. The summed E-state index contributed by atoms with van der Waals surface area (Å²) in [4.78, 5) is 0. The molecule has 7 heteroatoms. The molecule has 96 valence electrons. The van der Waals surface area contributed by atoms with Crippen molar-refractivity contribution in [1.82, 2.24) is 14.8 Å². The number of anilines is 1. The number of methoxy groups -OCH3 is 1. The van der Waals surface area contributed by atoms with Crippen LogP contribution in [0.3, 0.4) is 0 Å². The highest BCUT2D eigenvalue weighted by atomic mass is 16.5. The van der Waals surface area contributed by atoms with Gasteiger partial charge in [-0.2, -0.15) is 0 Å². The lowest BCUT2D eigenvalue weighted by Crippen LogP contribution is -2.13. The Morgan fingerprint density at radius 3 is 2.44 bits per heavy atom. The van der Waals surface area contributed by atoms with Crippen molar-refractivity contribution in [3.63, 3.8) is 0 Å². The maximum atomic E-state index is 5.58. The monoisotopic (exact) mass is 249 g/mol. The Labute approximate surface area is 104 Å². The second-order valence-corrected chi connectivity index (χ2v) is 3.61. The second-order valence-electron chi connectivity index (χ2n) is 3.61. The van der Waals surface area contributed by atoms with Crippen molar-refractivity contribution < 1.29 is 9.47 Å². The maximum Gasteiger partial charge on any atom is 0.238 e. The molecule has 0 aliphatic rings. The Bertz CT molecular complexity index is 509. The number of nitrogens with two attached hydrogens (primary N) is 1. The fourth-order valence-corrected chi connectivity index (χ4v) is 1.43. The summed E-state index contributed by atoms with van der Waals surface area (Å²) in [7, 11) is 3.43. The van der Waals surface area contributed by atoms with Crippen molar-refractivity contribution in [2.75, 3.05) is 12.5 Å². The summed E-state index contributed by atoms with van der Waals surface area (Å²) >= 11 is 0. The van der Waals surface area contributed by atoms with Crippen LogP contribution in [0.5, 0.6) is 11.5 Å². The van der Waals surface area contributed by atoms with Gasteiger partial charge in [0.05, 0.1) is 7.11 Å². The predicted molar refractivity (Wildman–Crippen MR) is 66.1 cm³/mol. The molecule has 0 aliphatic carbocycles. The normalized spacial score (nSPS) is 10.2. The highest BCUT2D eigenvalue weighted by Crippen LogP contribution is 2.18. The number of rotatable bonds is 5. The van der Waals surface area contributed by atoms with Crippen LogP contribution in [0, 0.1) is 0 Å². The SMILES string of the molecule is COc1ccc(OCc2nnc(NN)n2C)cc1. The Morgan fingerprint density at radius 2 is 1.89 bits per heavy atom. The highest BCUT2D eigenvalue weighted by Gasteiger charge is 2.07. The van der Waals surface area contributed by atoms with Gasteiger partial charge in [-0.3, -0.25) is 9.99 Å². The van der Waals surface area contributed by atoms with E-state index in [1.807, 2.05) is 31.3 Å². The van der Waals surface area contributed by atoms with Gasteiger partial charge in [-0.05, 0) is 24.3 Å². The molecule has 0 saturated carbocycles. The molecule has 1 aromatic carbocycles. The molecule has 1 heterocycles. The minimum Gasteiger partial charge on any atom is -0.497 e. The van der Waals surface area contributed by atoms with E-state index in [0.29, 0.717) is 18.4 Å². The molecule has 0 radical (unpaired) electrons. The molecule has 0 spiro atoms. The molecule has 2 aromatic rings. The Hall–Kier alpha value is -2.28. The molecule has 7 nitrogen and oxygen atoms in total. The van der Waals surface area contributed by atoms with Crippen LogP contribution in [0.4, 0.5) is 5.95 Å². The molecule has 1 aromatic heterocycles. The summed E-state index contributed by atoms with van der Waals surface area (Å²) in [6, 6.07) is 7.33. The third kappa shape index (κ3) is 2.51. The average molecular weight is 249 g/mol. The maximum absolute atomic E-state index is 5.58. The van der Waals surface area contributed by atoms with Gasteiger partial charge in [-0.15, -0.1) is 10.2 Å². The quantitative estimate of drug-likeness (QED) is 0.598. The molecule has 18 heavy (non-hydrogen) atoms. The van der Waals surface area contributed by atoms with Crippen molar-refractivity contribution in [3.8, 4) is 11.5 Å². The third-order valence-corrected chi connectivity index (χ3v) is 2.52. The van der Waals surface area contributed by atoms with Gasteiger partial charge in [-0.1, -0.05) is 0 Å². The third-order valence-electron chi connectivity index (χ3n) is 2.52. The topological polar surface area (TPSA) is 87.2 Å². The van der Waals surface area contributed by atoms with Crippen molar-refractivity contribution in [1.29, 1.82) is 0 Å². The first-order chi connectivity index (χ1) is 8.74. The van der Waals surface area contributed by atoms with Gasteiger partial charge >= 0.3 is 0 Å². The zero-order valence-corrected chi connectivity index (χ0v) is 10.3. The first-order valence-electron chi connectivity index (χ1n) is 5.36. The molecule has 0 amide bonds. The van der Waals surface area contributed by atoms with Gasteiger partial charge in [0.2, 0.25) is 5.95 Å². The lowest BCUT2D eigenvalue weighted by Gasteiger charge is -2.07. The zero-order valence-electron chi connectivity index (χ0n) is 10.3.